The van der Waals surface area contributed by atoms with Gasteiger partial charge in [-0.05, 0) is 43.5 Å². The molecule has 0 aromatic carbocycles. The lowest BCUT2D eigenvalue weighted by molar-refractivity contribution is 0.146. The quantitative estimate of drug-likeness (QED) is 0.688. The average Bonchev–Trinajstić information content (AvgIpc) is 2.70. The fraction of sp³-hybridized carbons (Fsp3) is 0.667. The van der Waals surface area contributed by atoms with E-state index in [9.17, 15) is 5.11 Å². The third-order valence-electron chi connectivity index (χ3n) is 2.27. The number of aliphatic hydroxyl groups excluding tert-OH is 1. The van der Waals surface area contributed by atoms with E-state index < -0.39 is 6.10 Å². The summed E-state index contributed by atoms with van der Waals surface area (Å²) in [6.07, 6.45) is 0.607. The molecule has 3 nitrogen and oxygen atoms in total. The SMILES string of the molecule is CCSCCCNCC(O)c1ccc(C)o1. The van der Waals surface area contributed by atoms with Crippen molar-refractivity contribution in [3.8, 4) is 0 Å². The van der Waals surface area contributed by atoms with Crippen molar-refractivity contribution in [3.63, 3.8) is 0 Å². The van der Waals surface area contributed by atoms with E-state index in [4.69, 9.17) is 4.42 Å². The van der Waals surface area contributed by atoms with Gasteiger partial charge in [-0.15, -0.1) is 0 Å². The molecule has 0 saturated heterocycles. The summed E-state index contributed by atoms with van der Waals surface area (Å²) in [7, 11) is 0. The van der Waals surface area contributed by atoms with Gasteiger partial charge in [0.2, 0.25) is 0 Å². The summed E-state index contributed by atoms with van der Waals surface area (Å²) in [4.78, 5) is 0. The molecular weight excluding hydrogens is 222 g/mol. The molecule has 0 aliphatic carbocycles. The van der Waals surface area contributed by atoms with Gasteiger partial charge in [0.15, 0.2) is 0 Å². The monoisotopic (exact) mass is 243 g/mol. The van der Waals surface area contributed by atoms with Gasteiger partial charge >= 0.3 is 0 Å². The summed E-state index contributed by atoms with van der Waals surface area (Å²) in [5.74, 6) is 3.84. The number of furan rings is 1. The number of hydrogen-bond donors (Lipinski definition) is 2. The molecular formula is C12H21NO2S. The maximum Gasteiger partial charge on any atom is 0.133 e. The maximum atomic E-state index is 9.78. The highest BCUT2D eigenvalue weighted by atomic mass is 32.2. The number of nitrogens with one attached hydrogen (secondary N) is 1. The van der Waals surface area contributed by atoms with Crippen LogP contribution < -0.4 is 5.32 Å². The fourth-order valence-electron chi connectivity index (χ4n) is 1.42. The number of aryl methyl sites for hydroxylation is 1. The summed E-state index contributed by atoms with van der Waals surface area (Å²) < 4.78 is 5.35. The number of rotatable bonds is 8. The Balaban J connectivity index is 2.09. The zero-order valence-corrected chi connectivity index (χ0v) is 10.8. The molecule has 2 N–H and O–H groups in total. The van der Waals surface area contributed by atoms with Crippen LogP contribution in [0.3, 0.4) is 0 Å². The molecule has 0 radical (unpaired) electrons. The van der Waals surface area contributed by atoms with E-state index in [1.54, 1.807) is 0 Å². The highest BCUT2D eigenvalue weighted by Gasteiger charge is 2.10. The van der Waals surface area contributed by atoms with Crippen molar-refractivity contribution in [2.45, 2.75) is 26.4 Å². The first-order valence-corrected chi connectivity index (χ1v) is 6.92. The number of thioether (sulfide) groups is 1. The van der Waals surface area contributed by atoms with Gasteiger partial charge in [0.25, 0.3) is 0 Å². The molecule has 1 unspecified atom stereocenters. The van der Waals surface area contributed by atoms with Gasteiger partial charge in [0.05, 0.1) is 0 Å². The lowest BCUT2D eigenvalue weighted by Crippen LogP contribution is -2.22. The summed E-state index contributed by atoms with van der Waals surface area (Å²) in [6, 6.07) is 3.70. The highest BCUT2D eigenvalue weighted by molar-refractivity contribution is 7.99. The van der Waals surface area contributed by atoms with Gasteiger partial charge in [-0.1, -0.05) is 6.92 Å². The van der Waals surface area contributed by atoms with Gasteiger partial charge in [-0.25, -0.2) is 0 Å². The summed E-state index contributed by atoms with van der Waals surface area (Å²) in [5, 5.41) is 13.0. The second-order valence-corrected chi connectivity index (χ2v) is 5.11. The molecule has 1 heterocycles. The molecule has 0 saturated carbocycles. The maximum absolute atomic E-state index is 9.78. The molecule has 0 fully saturated rings. The molecule has 0 bridgehead atoms. The minimum atomic E-state index is -0.535. The van der Waals surface area contributed by atoms with Crippen molar-refractivity contribution < 1.29 is 9.52 Å². The molecule has 92 valence electrons. The third-order valence-corrected chi connectivity index (χ3v) is 3.26. The molecule has 0 aliphatic rings. The van der Waals surface area contributed by atoms with Gasteiger partial charge < -0.3 is 14.8 Å². The minimum Gasteiger partial charge on any atom is -0.464 e. The standard InChI is InChI=1S/C12H21NO2S/c1-3-16-8-4-7-13-9-11(14)12-6-5-10(2)15-12/h5-6,11,13-14H,3-4,7-9H2,1-2H3. The van der Waals surface area contributed by atoms with Gasteiger partial charge in [-0.3, -0.25) is 0 Å². The van der Waals surface area contributed by atoms with Crippen LogP contribution in [0.1, 0.15) is 31.0 Å². The van der Waals surface area contributed by atoms with Crippen LogP contribution >= 0.6 is 11.8 Å². The van der Waals surface area contributed by atoms with E-state index in [-0.39, 0.29) is 0 Å². The largest absolute Gasteiger partial charge is 0.464 e. The molecule has 1 rings (SSSR count). The topological polar surface area (TPSA) is 45.4 Å². The third kappa shape index (κ3) is 5.05. The average molecular weight is 243 g/mol. The van der Waals surface area contributed by atoms with Gasteiger partial charge in [0.1, 0.15) is 17.6 Å². The van der Waals surface area contributed by atoms with Crippen LogP contribution in [-0.2, 0) is 0 Å². The molecule has 1 atom stereocenters. The van der Waals surface area contributed by atoms with Crippen molar-refractivity contribution in [2.24, 2.45) is 0 Å². The fourth-order valence-corrected chi connectivity index (χ4v) is 2.05. The van der Waals surface area contributed by atoms with E-state index in [1.807, 2.05) is 30.8 Å². The second kappa shape index (κ2) is 7.76. The Morgan fingerprint density at radius 2 is 2.31 bits per heavy atom. The zero-order chi connectivity index (χ0) is 11.8. The first kappa shape index (κ1) is 13.6. The van der Waals surface area contributed by atoms with Crippen LogP contribution in [0.2, 0.25) is 0 Å². The van der Waals surface area contributed by atoms with Crippen LogP contribution in [0.4, 0.5) is 0 Å². The Morgan fingerprint density at radius 1 is 1.50 bits per heavy atom. The molecule has 4 heteroatoms. The lowest BCUT2D eigenvalue weighted by Gasteiger charge is -2.09. The van der Waals surface area contributed by atoms with E-state index in [2.05, 4.69) is 12.2 Å². The first-order valence-electron chi connectivity index (χ1n) is 5.77. The second-order valence-electron chi connectivity index (χ2n) is 3.72. The zero-order valence-electron chi connectivity index (χ0n) is 10.0. The Bertz CT molecular complexity index is 288. The summed E-state index contributed by atoms with van der Waals surface area (Å²) in [5.41, 5.74) is 0. The van der Waals surface area contributed by atoms with Crippen LogP contribution in [0.15, 0.2) is 16.5 Å². The van der Waals surface area contributed by atoms with Crippen LogP contribution in [0, 0.1) is 6.92 Å². The summed E-state index contributed by atoms with van der Waals surface area (Å²) in [6.45, 7) is 5.56. The van der Waals surface area contributed by atoms with Crippen molar-refractivity contribution >= 4 is 11.8 Å². The van der Waals surface area contributed by atoms with Crippen molar-refractivity contribution in [1.29, 1.82) is 0 Å². The molecule has 0 spiro atoms. The number of aliphatic hydroxyl groups is 1. The van der Waals surface area contributed by atoms with Crippen LogP contribution in [0.5, 0.6) is 0 Å². The van der Waals surface area contributed by atoms with E-state index >= 15 is 0 Å². The smallest absolute Gasteiger partial charge is 0.133 e. The normalized spacial score (nSPS) is 12.9. The molecule has 1 aromatic heterocycles. The number of hydrogen-bond acceptors (Lipinski definition) is 4. The Labute approximate surface area is 102 Å². The predicted molar refractivity (Wildman–Crippen MR) is 68.9 cm³/mol. The lowest BCUT2D eigenvalue weighted by atomic mass is 10.2. The Kier molecular flexibility index (Phi) is 6.61. The molecule has 0 aliphatic heterocycles. The van der Waals surface area contributed by atoms with Crippen LogP contribution in [-0.4, -0.2) is 29.7 Å². The van der Waals surface area contributed by atoms with Gasteiger partial charge in [-0.2, -0.15) is 11.8 Å². The van der Waals surface area contributed by atoms with Crippen molar-refractivity contribution in [2.75, 3.05) is 24.6 Å². The molecule has 1 aromatic rings. The van der Waals surface area contributed by atoms with Gasteiger partial charge in [0, 0.05) is 6.54 Å². The Morgan fingerprint density at radius 3 is 2.94 bits per heavy atom. The summed E-state index contributed by atoms with van der Waals surface area (Å²) >= 11 is 1.95. The van der Waals surface area contributed by atoms with E-state index in [1.165, 1.54) is 11.5 Å². The van der Waals surface area contributed by atoms with Crippen LogP contribution in [0.25, 0.3) is 0 Å². The van der Waals surface area contributed by atoms with Crippen molar-refractivity contribution in [1.82, 2.24) is 5.32 Å². The van der Waals surface area contributed by atoms with E-state index in [0.29, 0.717) is 12.3 Å². The Hall–Kier alpha value is -0.450. The molecule has 16 heavy (non-hydrogen) atoms. The first-order chi connectivity index (χ1) is 7.74. The molecule has 0 amide bonds. The predicted octanol–water partition coefficient (Wildman–Crippen LogP) is 2.35. The highest BCUT2D eigenvalue weighted by Crippen LogP contribution is 2.14. The minimum absolute atomic E-state index is 0.535. The van der Waals surface area contributed by atoms with E-state index in [0.717, 1.165) is 18.7 Å². The van der Waals surface area contributed by atoms with Crippen molar-refractivity contribution in [3.05, 3.63) is 23.7 Å².